The molecule has 0 aliphatic rings. The number of carboxylic acid groups (broad SMARTS) is 1. The van der Waals surface area contributed by atoms with Crippen LogP contribution in [-0.4, -0.2) is 31.1 Å². The molecular weight excluding hydrogens is 290 g/mol. The molecule has 1 aromatic carbocycles. The van der Waals surface area contributed by atoms with Crippen LogP contribution in [0.4, 0.5) is 5.69 Å². The molecule has 0 aromatic heterocycles. The second-order valence-corrected chi connectivity index (χ2v) is 6.50. The van der Waals surface area contributed by atoms with Crippen LogP contribution in [0.3, 0.4) is 0 Å². The molecule has 0 amide bonds. The summed E-state index contributed by atoms with van der Waals surface area (Å²) in [5, 5.41) is 8.98. The second kappa shape index (κ2) is 6.25. The molecule has 0 spiro atoms. The van der Waals surface area contributed by atoms with Gasteiger partial charge < -0.3 is 5.11 Å². The predicted octanol–water partition coefficient (Wildman–Crippen LogP) is 2.31. The zero-order valence-corrected chi connectivity index (χ0v) is 12.3. The Bertz CT molecular complexity index is 571. The van der Waals surface area contributed by atoms with Crippen LogP contribution in [0.25, 0.3) is 0 Å². The molecule has 0 radical (unpaired) electrons. The van der Waals surface area contributed by atoms with Gasteiger partial charge in [-0.1, -0.05) is 13.0 Å². The van der Waals surface area contributed by atoms with Gasteiger partial charge in [-0.2, -0.15) is 0 Å². The van der Waals surface area contributed by atoms with Gasteiger partial charge in [-0.05, 0) is 30.5 Å². The van der Waals surface area contributed by atoms with E-state index in [1.54, 1.807) is 13.8 Å². The first-order valence-electron chi connectivity index (χ1n) is 5.66. The molecular formula is C12H16ClNO4S. The molecule has 0 heterocycles. The highest BCUT2D eigenvalue weighted by molar-refractivity contribution is 7.92. The van der Waals surface area contributed by atoms with Crippen molar-refractivity contribution in [2.75, 3.05) is 16.4 Å². The quantitative estimate of drug-likeness (QED) is 0.790. The van der Waals surface area contributed by atoms with Crippen molar-refractivity contribution in [2.45, 2.75) is 13.8 Å². The highest BCUT2D eigenvalue weighted by Crippen LogP contribution is 2.20. The largest absolute Gasteiger partial charge is 0.478 e. The molecule has 5 nitrogen and oxygen atoms in total. The molecule has 0 bridgehead atoms. The molecule has 1 rings (SSSR count). The fourth-order valence-electron chi connectivity index (χ4n) is 1.61. The van der Waals surface area contributed by atoms with Crippen molar-refractivity contribution < 1.29 is 18.3 Å². The SMILES string of the molecule is Cc1c(NS(=O)(=O)CC(C)CCl)cccc1C(=O)O. The average Bonchev–Trinajstić information content (AvgIpc) is 2.30. The predicted molar refractivity (Wildman–Crippen MR) is 75.4 cm³/mol. The lowest BCUT2D eigenvalue weighted by molar-refractivity contribution is 0.0696. The minimum atomic E-state index is -3.54. The van der Waals surface area contributed by atoms with E-state index in [9.17, 15) is 13.2 Å². The van der Waals surface area contributed by atoms with Crippen molar-refractivity contribution in [1.82, 2.24) is 0 Å². The third-order valence-corrected chi connectivity index (χ3v) is 4.66. The minimum Gasteiger partial charge on any atom is -0.478 e. The fourth-order valence-corrected chi connectivity index (χ4v) is 3.35. The topological polar surface area (TPSA) is 83.5 Å². The number of hydrogen-bond donors (Lipinski definition) is 2. The van der Waals surface area contributed by atoms with Crippen LogP contribution >= 0.6 is 11.6 Å². The number of carboxylic acids is 1. The first kappa shape index (κ1) is 15.8. The van der Waals surface area contributed by atoms with E-state index >= 15 is 0 Å². The summed E-state index contributed by atoms with van der Waals surface area (Å²) in [6.45, 7) is 3.29. The zero-order chi connectivity index (χ0) is 14.6. The number of rotatable bonds is 6. The van der Waals surface area contributed by atoms with Gasteiger partial charge in [0.05, 0.1) is 17.0 Å². The van der Waals surface area contributed by atoms with E-state index in [1.807, 2.05) is 0 Å². The molecule has 0 saturated heterocycles. The molecule has 2 N–H and O–H groups in total. The van der Waals surface area contributed by atoms with Gasteiger partial charge in [0.2, 0.25) is 10.0 Å². The highest BCUT2D eigenvalue weighted by Gasteiger charge is 2.18. The van der Waals surface area contributed by atoms with Crippen LogP contribution in [0.1, 0.15) is 22.8 Å². The summed E-state index contributed by atoms with van der Waals surface area (Å²) in [6, 6.07) is 4.46. The maximum absolute atomic E-state index is 11.9. The van der Waals surface area contributed by atoms with Crippen LogP contribution in [0.5, 0.6) is 0 Å². The van der Waals surface area contributed by atoms with Crippen molar-refractivity contribution in [3.05, 3.63) is 29.3 Å². The summed E-state index contributed by atoms with van der Waals surface area (Å²) < 4.78 is 26.2. The normalized spacial score (nSPS) is 13.0. The van der Waals surface area contributed by atoms with Crippen LogP contribution in [0, 0.1) is 12.8 Å². The Morgan fingerprint density at radius 1 is 1.47 bits per heavy atom. The lowest BCUT2D eigenvalue weighted by Crippen LogP contribution is -2.22. The maximum atomic E-state index is 11.9. The molecule has 1 unspecified atom stereocenters. The van der Waals surface area contributed by atoms with Crippen LogP contribution in [-0.2, 0) is 10.0 Å². The number of sulfonamides is 1. The monoisotopic (exact) mass is 305 g/mol. The van der Waals surface area contributed by atoms with Crippen molar-refractivity contribution in [2.24, 2.45) is 5.92 Å². The number of halogens is 1. The summed E-state index contributed by atoms with van der Waals surface area (Å²) in [5.74, 6) is -1.13. The Morgan fingerprint density at radius 3 is 2.63 bits per heavy atom. The zero-order valence-electron chi connectivity index (χ0n) is 10.7. The third kappa shape index (κ3) is 4.40. The Kier molecular flexibility index (Phi) is 5.20. The van der Waals surface area contributed by atoms with Crippen molar-refractivity contribution in [1.29, 1.82) is 0 Å². The lowest BCUT2D eigenvalue weighted by Gasteiger charge is -2.14. The molecule has 0 aliphatic heterocycles. The van der Waals surface area contributed by atoms with Gasteiger partial charge in [0.15, 0.2) is 0 Å². The lowest BCUT2D eigenvalue weighted by atomic mass is 10.1. The van der Waals surface area contributed by atoms with E-state index in [4.69, 9.17) is 16.7 Å². The second-order valence-electron chi connectivity index (χ2n) is 4.43. The Hall–Kier alpha value is -1.27. The van der Waals surface area contributed by atoms with E-state index in [0.29, 0.717) is 5.56 Å². The van der Waals surface area contributed by atoms with Gasteiger partial charge >= 0.3 is 5.97 Å². The van der Waals surface area contributed by atoms with E-state index in [2.05, 4.69) is 4.72 Å². The molecule has 7 heteroatoms. The van der Waals surface area contributed by atoms with Gasteiger partial charge in [0.1, 0.15) is 0 Å². The number of alkyl halides is 1. The summed E-state index contributed by atoms with van der Waals surface area (Å²) in [7, 11) is -3.54. The number of hydrogen-bond acceptors (Lipinski definition) is 3. The van der Waals surface area contributed by atoms with Crippen molar-refractivity contribution in [3.8, 4) is 0 Å². The Morgan fingerprint density at radius 2 is 2.11 bits per heavy atom. The van der Waals surface area contributed by atoms with E-state index in [-0.39, 0.29) is 28.8 Å². The average molecular weight is 306 g/mol. The first-order valence-corrected chi connectivity index (χ1v) is 7.85. The van der Waals surface area contributed by atoms with Crippen molar-refractivity contribution >= 4 is 33.3 Å². The molecule has 106 valence electrons. The van der Waals surface area contributed by atoms with Crippen molar-refractivity contribution in [3.63, 3.8) is 0 Å². The summed E-state index contributed by atoms with van der Waals surface area (Å²) in [4.78, 5) is 11.0. The summed E-state index contributed by atoms with van der Waals surface area (Å²) in [6.07, 6.45) is 0. The number of carbonyl (C=O) groups is 1. The first-order chi connectivity index (χ1) is 8.76. The van der Waals surface area contributed by atoms with E-state index in [0.717, 1.165) is 0 Å². The van der Waals surface area contributed by atoms with Gasteiger partial charge in [-0.25, -0.2) is 13.2 Å². The standard InChI is InChI=1S/C12H16ClNO4S/c1-8(6-13)7-19(17,18)14-11-5-3-4-10(9(11)2)12(15)16/h3-5,8,14H,6-7H2,1-2H3,(H,15,16). The van der Waals surface area contributed by atoms with Crippen LogP contribution in [0.15, 0.2) is 18.2 Å². The Balaban J connectivity index is 3.00. The number of anilines is 1. The summed E-state index contributed by atoms with van der Waals surface area (Å²) >= 11 is 5.59. The number of nitrogens with one attached hydrogen (secondary N) is 1. The fraction of sp³-hybridized carbons (Fsp3) is 0.417. The van der Waals surface area contributed by atoms with Gasteiger partial charge in [0.25, 0.3) is 0 Å². The van der Waals surface area contributed by atoms with E-state index < -0.39 is 16.0 Å². The number of aromatic carboxylic acids is 1. The Labute approximate surface area is 117 Å². The smallest absolute Gasteiger partial charge is 0.336 e. The summed E-state index contributed by atoms with van der Waals surface area (Å²) in [5.41, 5.74) is 0.740. The molecule has 0 saturated carbocycles. The molecule has 0 aliphatic carbocycles. The van der Waals surface area contributed by atoms with Gasteiger partial charge in [-0.3, -0.25) is 4.72 Å². The van der Waals surface area contributed by atoms with Crippen LogP contribution in [0.2, 0.25) is 0 Å². The van der Waals surface area contributed by atoms with Crippen LogP contribution < -0.4 is 4.72 Å². The minimum absolute atomic E-state index is 0.0746. The number of benzene rings is 1. The van der Waals surface area contributed by atoms with Gasteiger partial charge in [-0.15, -0.1) is 11.6 Å². The van der Waals surface area contributed by atoms with E-state index in [1.165, 1.54) is 18.2 Å². The molecule has 1 atom stereocenters. The van der Waals surface area contributed by atoms with Gasteiger partial charge in [0, 0.05) is 5.88 Å². The molecule has 0 fully saturated rings. The molecule has 19 heavy (non-hydrogen) atoms. The third-order valence-electron chi connectivity index (χ3n) is 2.60. The maximum Gasteiger partial charge on any atom is 0.336 e. The highest BCUT2D eigenvalue weighted by atomic mass is 35.5. The molecule has 1 aromatic rings.